The number of anilines is 2. The normalized spacial score (nSPS) is 26.4. The lowest BCUT2D eigenvalue weighted by Crippen LogP contribution is -2.55. The van der Waals surface area contributed by atoms with Gasteiger partial charge in [-0.05, 0) is 51.9 Å². The Balaban J connectivity index is 1.29. The van der Waals surface area contributed by atoms with Crippen LogP contribution in [0.25, 0.3) is 0 Å². The van der Waals surface area contributed by atoms with Crippen LogP contribution in [0.3, 0.4) is 0 Å². The van der Waals surface area contributed by atoms with Gasteiger partial charge in [0.1, 0.15) is 11.8 Å². The number of carbonyl (C=O) groups is 2. The van der Waals surface area contributed by atoms with Gasteiger partial charge in [-0.1, -0.05) is 13.3 Å². The molecule has 2 aromatic heterocycles. The first-order chi connectivity index (χ1) is 15.8. The zero-order valence-electron chi connectivity index (χ0n) is 19.7. The van der Waals surface area contributed by atoms with Crippen LogP contribution in [0.1, 0.15) is 80.2 Å². The fourth-order valence-corrected chi connectivity index (χ4v) is 4.93. The maximum atomic E-state index is 12.4. The summed E-state index contributed by atoms with van der Waals surface area (Å²) in [5.74, 6) is 1.84. The number of nitrogens with one attached hydrogen (secondary N) is 4. The van der Waals surface area contributed by atoms with Crippen molar-refractivity contribution in [2.75, 3.05) is 12.4 Å². The highest BCUT2D eigenvalue weighted by atomic mass is 16.6. The van der Waals surface area contributed by atoms with E-state index in [4.69, 9.17) is 4.74 Å². The van der Waals surface area contributed by atoms with Gasteiger partial charge in [0.2, 0.25) is 0 Å². The number of hydrogen-bond donors (Lipinski definition) is 4. The summed E-state index contributed by atoms with van der Waals surface area (Å²) in [4.78, 5) is 32.6. The topological polar surface area (TPSA) is 134 Å². The highest BCUT2D eigenvalue weighted by Crippen LogP contribution is 2.40. The fourth-order valence-electron chi connectivity index (χ4n) is 4.93. The van der Waals surface area contributed by atoms with Crippen LogP contribution >= 0.6 is 0 Å². The largest absolute Gasteiger partial charge is 0.446 e. The minimum absolute atomic E-state index is 0.0919. The molecule has 33 heavy (non-hydrogen) atoms. The Bertz CT molecular complexity index is 1020. The molecule has 178 valence electrons. The molecule has 0 radical (unpaired) electrons. The third kappa shape index (κ3) is 5.26. The average molecular weight is 456 g/mol. The summed E-state index contributed by atoms with van der Waals surface area (Å²) in [6, 6.07) is 1.95. The number of aryl methyl sites for hydroxylation is 1. The average Bonchev–Trinajstić information content (AvgIpc) is 3.42. The first kappa shape index (κ1) is 23.0. The SMILES string of the molecule is CCC1CC(C)(NC(=O)OC2CCC(c3cc(Nc4ncc(C(=O)NC)nc4C)n[nH]3)C2)C1. The summed E-state index contributed by atoms with van der Waals surface area (Å²) in [5.41, 5.74) is 1.74. The van der Waals surface area contributed by atoms with E-state index in [-0.39, 0.29) is 35.3 Å². The number of carbonyl (C=O) groups excluding carboxylic acids is 2. The molecule has 0 saturated heterocycles. The van der Waals surface area contributed by atoms with Gasteiger partial charge in [-0.25, -0.2) is 14.8 Å². The molecule has 2 unspecified atom stereocenters. The summed E-state index contributed by atoms with van der Waals surface area (Å²) in [6.07, 6.45) is 6.76. The van der Waals surface area contributed by atoms with Gasteiger partial charge < -0.3 is 20.7 Å². The molecule has 2 aromatic rings. The van der Waals surface area contributed by atoms with E-state index < -0.39 is 0 Å². The summed E-state index contributed by atoms with van der Waals surface area (Å²) in [5, 5.41) is 16.2. The molecule has 4 rings (SSSR count). The van der Waals surface area contributed by atoms with E-state index in [1.54, 1.807) is 14.0 Å². The Kier molecular flexibility index (Phi) is 6.53. The summed E-state index contributed by atoms with van der Waals surface area (Å²) < 4.78 is 5.71. The molecule has 2 saturated carbocycles. The molecule has 2 aliphatic carbocycles. The molecule has 0 bridgehead atoms. The second-order valence-electron chi connectivity index (χ2n) is 9.51. The van der Waals surface area contributed by atoms with Crippen molar-refractivity contribution < 1.29 is 14.3 Å². The van der Waals surface area contributed by atoms with Gasteiger partial charge in [0.15, 0.2) is 11.6 Å². The number of alkyl carbamates (subject to hydrolysis) is 1. The first-order valence-corrected chi connectivity index (χ1v) is 11.7. The van der Waals surface area contributed by atoms with Gasteiger partial charge in [-0.15, -0.1) is 0 Å². The minimum atomic E-state index is -0.307. The molecule has 4 N–H and O–H groups in total. The molecule has 0 spiro atoms. The number of ether oxygens (including phenoxy) is 1. The maximum absolute atomic E-state index is 12.4. The number of aromatic amines is 1. The molecule has 10 nitrogen and oxygen atoms in total. The van der Waals surface area contributed by atoms with E-state index in [1.165, 1.54) is 6.20 Å². The Morgan fingerprint density at radius 1 is 1.30 bits per heavy atom. The van der Waals surface area contributed by atoms with Crippen molar-refractivity contribution in [3.05, 3.63) is 29.3 Å². The van der Waals surface area contributed by atoms with Gasteiger partial charge in [-0.3, -0.25) is 9.89 Å². The van der Waals surface area contributed by atoms with Gasteiger partial charge in [-0.2, -0.15) is 5.10 Å². The molecule has 0 aromatic carbocycles. The maximum Gasteiger partial charge on any atom is 0.407 e. The van der Waals surface area contributed by atoms with Crippen LogP contribution in [-0.2, 0) is 4.74 Å². The highest BCUT2D eigenvalue weighted by molar-refractivity contribution is 5.91. The second-order valence-corrected chi connectivity index (χ2v) is 9.51. The van der Waals surface area contributed by atoms with E-state index in [2.05, 4.69) is 50.0 Å². The lowest BCUT2D eigenvalue weighted by Gasteiger charge is -2.45. The minimum Gasteiger partial charge on any atom is -0.446 e. The highest BCUT2D eigenvalue weighted by Gasteiger charge is 2.41. The van der Waals surface area contributed by atoms with E-state index in [1.807, 2.05) is 6.07 Å². The van der Waals surface area contributed by atoms with Crippen LogP contribution in [0.4, 0.5) is 16.4 Å². The number of amides is 2. The monoisotopic (exact) mass is 455 g/mol. The van der Waals surface area contributed by atoms with Crippen LogP contribution in [0.5, 0.6) is 0 Å². The van der Waals surface area contributed by atoms with Crippen molar-refractivity contribution in [3.63, 3.8) is 0 Å². The molecule has 0 aliphatic heterocycles. The fraction of sp³-hybridized carbons (Fsp3) is 0.609. The van der Waals surface area contributed by atoms with Gasteiger partial charge >= 0.3 is 6.09 Å². The van der Waals surface area contributed by atoms with Crippen LogP contribution in [0.2, 0.25) is 0 Å². The zero-order chi connectivity index (χ0) is 23.6. The quantitative estimate of drug-likeness (QED) is 0.501. The van der Waals surface area contributed by atoms with Crippen LogP contribution in [-0.4, -0.2) is 50.9 Å². The smallest absolute Gasteiger partial charge is 0.407 e. The van der Waals surface area contributed by atoms with E-state index in [0.717, 1.165) is 44.2 Å². The van der Waals surface area contributed by atoms with Gasteiger partial charge in [0.05, 0.1) is 11.9 Å². The lowest BCUT2D eigenvalue weighted by atomic mass is 9.68. The number of aromatic nitrogens is 4. The van der Waals surface area contributed by atoms with Crippen LogP contribution < -0.4 is 16.0 Å². The second kappa shape index (κ2) is 9.36. The Labute approximate surface area is 193 Å². The molecular formula is C23H33N7O3. The van der Waals surface area contributed by atoms with E-state index >= 15 is 0 Å². The van der Waals surface area contributed by atoms with Crippen LogP contribution in [0, 0.1) is 12.8 Å². The zero-order valence-corrected chi connectivity index (χ0v) is 19.7. The van der Waals surface area contributed by atoms with Crippen molar-refractivity contribution in [2.45, 2.75) is 76.9 Å². The third-order valence-corrected chi connectivity index (χ3v) is 6.81. The molecule has 2 amide bonds. The summed E-state index contributed by atoms with van der Waals surface area (Å²) in [7, 11) is 1.55. The third-order valence-electron chi connectivity index (χ3n) is 6.81. The number of rotatable bonds is 7. The standard InChI is InChI=1S/C23H33N7O3/c1-5-14-10-23(3,11-14)28-22(32)33-16-7-6-15(8-16)17-9-19(30-29-17)27-20-13(2)26-18(12-25-20)21(31)24-4/h9,12,14-16H,5-8,10-11H2,1-4H3,(H,24,31)(H,28,32)(H2,25,27,29,30). The van der Waals surface area contributed by atoms with E-state index in [9.17, 15) is 9.59 Å². The number of hydrogen-bond acceptors (Lipinski definition) is 7. The van der Waals surface area contributed by atoms with Crippen molar-refractivity contribution in [2.24, 2.45) is 5.92 Å². The lowest BCUT2D eigenvalue weighted by molar-refractivity contribution is 0.0650. The van der Waals surface area contributed by atoms with Crippen molar-refractivity contribution >= 4 is 23.6 Å². The predicted octanol–water partition coefficient (Wildman–Crippen LogP) is 3.55. The first-order valence-electron chi connectivity index (χ1n) is 11.7. The summed E-state index contributed by atoms with van der Waals surface area (Å²) in [6.45, 7) is 6.07. The number of H-pyrrole nitrogens is 1. The van der Waals surface area contributed by atoms with E-state index in [0.29, 0.717) is 23.2 Å². The molecule has 2 aliphatic rings. The Morgan fingerprint density at radius 3 is 2.79 bits per heavy atom. The molecule has 2 fully saturated rings. The Morgan fingerprint density at radius 2 is 2.09 bits per heavy atom. The van der Waals surface area contributed by atoms with Gasteiger partial charge in [0.25, 0.3) is 5.91 Å². The molecular weight excluding hydrogens is 422 g/mol. The number of nitrogens with zero attached hydrogens (tertiary/aromatic N) is 3. The van der Waals surface area contributed by atoms with Crippen molar-refractivity contribution in [1.29, 1.82) is 0 Å². The summed E-state index contributed by atoms with van der Waals surface area (Å²) >= 11 is 0. The Hall–Kier alpha value is -3.17. The predicted molar refractivity (Wildman–Crippen MR) is 123 cm³/mol. The molecule has 2 atom stereocenters. The molecule has 10 heteroatoms. The van der Waals surface area contributed by atoms with Gasteiger partial charge in [0, 0.05) is 30.3 Å². The van der Waals surface area contributed by atoms with Crippen molar-refractivity contribution in [1.82, 2.24) is 30.8 Å². The van der Waals surface area contributed by atoms with Crippen LogP contribution in [0.15, 0.2) is 12.3 Å². The van der Waals surface area contributed by atoms with Crippen molar-refractivity contribution in [3.8, 4) is 0 Å². The molecule has 2 heterocycles.